The zero-order chi connectivity index (χ0) is 20.3. The maximum Gasteiger partial charge on any atom is 0.246 e. The van der Waals surface area contributed by atoms with Crippen molar-refractivity contribution in [1.29, 1.82) is 0 Å². The van der Waals surface area contributed by atoms with Crippen LogP contribution in [0.2, 0.25) is 0 Å². The van der Waals surface area contributed by atoms with Crippen LogP contribution in [0, 0.1) is 20.2 Å². The molecule has 0 saturated carbocycles. The predicted molar refractivity (Wildman–Crippen MR) is 106 cm³/mol. The van der Waals surface area contributed by atoms with Crippen LogP contribution in [0.25, 0.3) is 0 Å². The summed E-state index contributed by atoms with van der Waals surface area (Å²) in [6.07, 6.45) is 18.0. The highest BCUT2D eigenvalue weighted by Crippen LogP contribution is 2.12. The SMILES string of the molecule is CC/C=C/C/C(=C/C/C(=C/C/C=C/CCCCCCC=O)[N+](=O)[O-])[N+](=O)[O-]. The van der Waals surface area contributed by atoms with Crippen molar-refractivity contribution in [2.75, 3.05) is 0 Å². The van der Waals surface area contributed by atoms with Gasteiger partial charge in [-0.1, -0.05) is 44.1 Å². The van der Waals surface area contributed by atoms with E-state index in [4.69, 9.17) is 0 Å². The number of nitrogens with zero attached hydrogens (tertiary/aromatic N) is 2. The highest BCUT2D eigenvalue weighted by molar-refractivity contribution is 5.48. The Labute approximate surface area is 160 Å². The zero-order valence-electron chi connectivity index (χ0n) is 16.0. The van der Waals surface area contributed by atoms with Gasteiger partial charge in [-0.2, -0.15) is 0 Å². The second kappa shape index (κ2) is 16.9. The number of carbonyl (C=O) groups is 1. The van der Waals surface area contributed by atoms with E-state index in [9.17, 15) is 25.0 Å². The summed E-state index contributed by atoms with van der Waals surface area (Å²) in [5.41, 5.74) is -0.0649. The fourth-order valence-corrected chi connectivity index (χ4v) is 2.32. The monoisotopic (exact) mass is 378 g/mol. The first-order valence-corrected chi connectivity index (χ1v) is 9.43. The minimum absolute atomic E-state index is 0.0300. The van der Waals surface area contributed by atoms with Crippen molar-refractivity contribution in [1.82, 2.24) is 0 Å². The van der Waals surface area contributed by atoms with Crippen LogP contribution in [-0.4, -0.2) is 16.1 Å². The number of hydrogen-bond acceptors (Lipinski definition) is 5. The summed E-state index contributed by atoms with van der Waals surface area (Å²) in [5.74, 6) is 0. The molecule has 27 heavy (non-hydrogen) atoms. The average Bonchev–Trinajstić information content (AvgIpc) is 2.63. The lowest BCUT2D eigenvalue weighted by molar-refractivity contribution is -0.431. The molecule has 0 amide bonds. The summed E-state index contributed by atoms with van der Waals surface area (Å²) in [4.78, 5) is 31.3. The third kappa shape index (κ3) is 14.3. The molecule has 7 heteroatoms. The zero-order valence-corrected chi connectivity index (χ0v) is 16.0. The van der Waals surface area contributed by atoms with Crippen molar-refractivity contribution in [3.63, 3.8) is 0 Å². The number of allylic oxidation sites excluding steroid dienone is 6. The molecule has 0 unspecified atom stereocenters. The fourth-order valence-electron chi connectivity index (χ4n) is 2.32. The van der Waals surface area contributed by atoms with E-state index in [0.717, 1.165) is 44.8 Å². The molecule has 7 nitrogen and oxygen atoms in total. The molecule has 0 rings (SSSR count). The molecule has 0 atom stereocenters. The highest BCUT2D eigenvalue weighted by atomic mass is 16.6. The summed E-state index contributed by atoms with van der Waals surface area (Å²) >= 11 is 0. The molecule has 0 aliphatic carbocycles. The third-order valence-corrected chi connectivity index (χ3v) is 3.84. The van der Waals surface area contributed by atoms with Gasteiger partial charge in [0.1, 0.15) is 6.29 Å². The quantitative estimate of drug-likeness (QED) is 0.115. The van der Waals surface area contributed by atoms with Gasteiger partial charge in [0.2, 0.25) is 11.4 Å². The van der Waals surface area contributed by atoms with E-state index < -0.39 is 9.85 Å². The lowest BCUT2D eigenvalue weighted by Crippen LogP contribution is -2.01. The van der Waals surface area contributed by atoms with Crippen LogP contribution in [0.1, 0.15) is 71.1 Å². The standard InChI is InChI=1S/C20H30N2O5/c1-2-3-11-14-19(21(24)25)16-17-20(22(26)27)15-12-9-7-5-4-6-8-10-13-18-23/h3,7,9,11,15-16,18H,2,4-6,8,10,12-14,17H2,1H3/b9-7+,11-3+,19-16-,20-15-. The largest absolute Gasteiger partial charge is 0.303 e. The molecule has 0 N–H and O–H groups in total. The number of unbranched alkanes of at least 4 members (excludes halogenated alkanes) is 5. The van der Waals surface area contributed by atoms with Crippen molar-refractivity contribution in [2.45, 2.75) is 71.1 Å². The van der Waals surface area contributed by atoms with Crippen molar-refractivity contribution in [3.8, 4) is 0 Å². The Morgan fingerprint density at radius 2 is 1.41 bits per heavy atom. The Morgan fingerprint density at radius 1 is 0.778 bits per heavy atom. The van der Waals surface area contributed by atoms with Crippen molar-refractivity contribution >= 4 is 6.29 Å². The van der Waals surface area contributed by atoms with Gasteiger partial charge >= 0.3 is 0 Å². The summed E-state index contributed by atoms with van der Waals surface area (Å²) in [7, 11) is 0. The number of carbonyl (C=O) groups excluding carboxylic acids is 1. The Kier molecular flexibility index (Phi) is 15.3. The number of aldehydes is 1. The normalized spacial score (nSPS) is 12.8. The molecular formula is C20H30N2O5. The molecule has 0 aliphatic rings. The van der Waals surface area contributed by atoms with Gasteiger partial charge < -0.3 is 4.79 Å². The van der Waals surface area contributed by atoms with Crippen molar-refractivity contribution in [2.24, 2.45) is 0 Å². The van der Waals surface area contributed by atoms with E-state index in [1.165, 1.54) is 12.2 Å². The van der Waals surface area contributed by atoms with Gasteiger partial charge in [0.05, 0.1) is 22.7 Å². The van der Waals surface area contributed by atoms with Crippen molar-refractivity contribution < 1.29 is 14.6 Å². The lowest BCUT2D eigenvalue weighted by Gasteiger charge is -1.97. The van der Waals surface area contributed by atoms with Gasteiger partial charge in [-0.15, -0.1) is 0 Å². The van der Waals surface area contributed by atoms with Crippen LogP contribution in [-0.2, 0) is 4.79 Å². The number of rotatable bonds is 16. The van der Waals surface area contributed by atoms with E-state index in [1.807, 2.05) is 25.2 Å². The molecule has 0 aromatic heterocycles. The molecule has 0 aromatic carbocycles. The number of nitro groups is 2. The first-order chi connectivity index (χ1) is 13.0. The van der Waals surface area contributed by atoms with Crippen LogP contribution in [0.5, 0.6) is 0 Å². The topological polar surface area (TPSA) is 103 Å². The van der Waals surface area contributed by atoms with Gasteiger partial charge in [0, 0.05) is 6.42 Å². The van der Waals surface area contributed by atoms with E-state index >= 15 is 0 Å². The fraction of sp³-hybridized carbons (Fsp3) is 0.550. The summed E-state index contributed by atoms with van der Waals surface area (Å²) in [6, 6.07) is 0. The van der Waals surface area contributed by atoms with Crippen LogP contribution >= 0.6 is 0 Å². The third-order valence-electron chi connectivity index (χ3n) is 3.84. The molecule has 0 saturated heterocycles. The van der Waals surface area contributed by atoms with E-state index in [2.05, 4.69) is 0 Å². The number of hydrogen-bond donors (Lipinski definition) is 0. The molecule has 150 valence electrons. The molecule has 0 aromatic rings. The van der Waals surface area contributed by atoms with Gasteiger partial charge in [-0.3, -0.25) is 20.2 Å². The maximum absolute atomic E-state index is 11.1. The summed E-state index contributed by atoms with van der Waals surface area (Å²) in [6.45, 7) is 1.93. The Morgan fingerprint density at radius 3 is 2.00 bits per heavy atom. The minimum atomic E-state index is -0.493. The maximum atomic E-state index is 11.1. The summed E-state index contributed by atoms with van der Waals surface area (Å²) in [5, 5.41) is 22.1. The molecule has 0 fully saturated rings. The second-order valence-corrected chi connectivity index (χ2v) is 6.06. The summed E-state index contributed by atoms with van der Waals surface area (Å²) < 4.78 is 0. The molecule has 0 radical (unpaired) electrons. The van der Waals surface area contributed by atoms with Crippen LogP contribution in [0.3, 0.4) is 0 Å². The lowest BCUT2D eigenvalue weighted by atomic mass is 10.1. The Bertz CT molecular complexity index is 577. The van der Waals surface area contributed by atoms with E-state index in [-0.39, 0.29) is 24.2 Å². The highest BCUT2D eigenvalue weighted by Gasteiger charge is 2.13. The van der Waals surface area contributed by atoms with Gasteiger partial charge in [-0.05, 0) is 44.3 Å². The predicted octanol–water partition coefficient (Wildman–Crippen LogP) is 5.54. The van der Waals surface area contributed by atoms with Crippen LogP contribution < -0.4 is 0 Å². The first-order valence-electron chi connectivity index (χ1n) is 9.43. The smallest absolute Gasteiger partial charge is 0.246 e. The molecule has 0 aliphatic heterocycles. The van der Waals surface area contributed by atoms with Crippen LogP contribution in [0.4, 0.5) is 0 Å². The average molecular weight is 378 g/mol. The molecule has 0 spiro atoms. The molecule has 0 bridgehead atoms. The molecular weight excluding hydrogens is 348 g/mol. The van der Waals surface area contributed by atoms with Gasteiger partial charge in [0.15, 0.2) is 0 Å². The van der Waals surface area contributed by atoms with Crippen molar-refractivity contribution in [3.05, 3.63) is 68.1 Å². The first kappa shape index (κ1) is 24.4. The molecule has 0 heterocycles. The Hall–Kier alpha value is -2.57. The van der Waals surface area contributed by atoms with Gasteiger partial charge in [-0.25, -0.2) is 0 Å². The Balaban J connectivity index is 4.44. The minimum Gasteiger partial charge on any atom is -0.303 e. The van der Waals surface area contributed by atoms with E-state index in [1.54, 1.807) is 6.08 Å². The van der Waals surface area contributed by atoms with Gasteiger partial charge in [0.25, 0.3) is 0 Å². The van der Waals surface area contributed by atoms with E-state index in [0.29, 0.717) is 12.8 Å². The van der Waals surface area contributed by atoms with Crippen LogP contribution in [0.15, 0.2) is 47.9 Å². The second-order valence-electron chi connectivity index (χ2n) is 6.06.